The molecule has 0 bridgehead atoms. The van der Waals surface area contributed by atoms with Crippen LogP contribution in [0, 0.1) is 0 Å². The van der Waals surface area contributed by atoms with Crippen molar-refractivity contribution in [1.82, 2.24) is 5.32 Å². The van der Waals surface area contributed by atoms with Crippen molar-refractivity contribution in [1.29, 1.82) is 0 Å². The minimum absolute atomic E-state index is 0.0129. The van der Waals surface area contributed by atoms with Gasteiger partial charge in [0.1, 0.15) is 11.3 Å². The number of carbonyl (C=O) groups is 2. The zero-order valence-corrected chi connectivity index (χ0v) is 13.8. The summed E-state index contributed by atoms with van der Waals surface area (Å²) < 4.78 is 0. The van der Waals surface area contributed by atoms with Crippen molar-refractivity contribution in [3.8, 4) is 5.75 Å². The van der Waals surface area contributed by atoms with E-state index in [0.717, 1.165) is 13.1 Å². The van der Waals surface area contributed by atoms with Crippen molar-refractivity contribution in [2.45, 2.75) is 0 Å². The summed E-state index contributed by atoms with van der Waals surface area (Å²) in [5.41, 5.74) is 0.105. The highest BCUT2D eigenvalue weighted by Gasteiger charge is 2.18. The molecule has 0 saturated carbocycles. The minimum Gasteiger partial charge on any atom is -0.506 e. The molecule has 0 aliphatic heterocycles. The van der Waals surface area contributed by atoms with Gasteiger partial charge in [-0.25, -0.2) is 4.79 Å². The predicted molar refractivity (Wildman–Crippen MR) is 98.2 cm³/mol. The molecule has 3 N–H and O–H groups in total. The molecule has 0 aliphatic carbocycles. The number of aromatic hydroxyl groups is 1. The number of carboxylic acid groups (broad SMARTS) is 1. The van der Waals surface area contributed by atoms with E-state index in [-0.39, 0.29) is 11.1 Å². The number of hydrogen-bond donors (Lipinski definition) is 3. The Labute approximate surface area is 146 Å². The highest BCUT2D eigenvalue weighted by atomic mass is 16.4. The summed E-state index contributed by atoms with van der Waals surface area (Å²) in [7, 11) is 0. The molecule has 0 aliphatic rings. The maximum Gasteiger partial charge on any atom is 0.339 e. The molecule has 0 unspecified atom stereocenters. The zero-order chi connectivity index (χ0) is 18.7. The van der Waals surface area contributed by atoms with Crippen LogP contribution in [0.1, 0.15) is 26.3 Å². The van der Waals surface area contributed by atoms with Crippen LogP contribution in [0.3, 0.4) is 0 Å². The van der Waals surface area contributed by atoms with Crippen LogP contribution in [0.25, 0.3) is 0 Å². The largest absolute Gasteiger partial charge is 0.506 e. The number of hydrogen-bond acceptors (Lipinski definition) is 4. The van der Waals surface area contributed by atoms with E-state index in [1.165, 1.54) is 18.2 Å². The lowest BCUT2D eigenvalue weighted by Crippen LogP contribution is -2.11. The van der Waals surface area contributed by atoms with E-state index < -0.39 is 17.5 Å². The summed E-state index contributed by atoms with van der Waals surface area (Å²) in [5, 5.41) is 21.7. The Balaban J connectivity index is 0.000000381. The van der Waals surface area contributed by atoms with Gasteiger partial charge < -0.3 is 15.5 Å². The molecule has 0 amide bonds. The smallest absolute Gasteiger partial charge is 0.339 e. The predicted octanol–water partition coefficient (Wildman–Crippen LogP) is 3.27. The van der Waals surface area contributed by atoms with Crippen molar-refractivity contribution in [3.05, 3.63) is 90.5 Å². The normalized spacial score (nSPS) is 9.44. The Kier molecular flexibility index (Phi) is 8.40. The van der Waals surface area contributed by atoms with Gasteiger partial charge in [-0.3, -0.25) is 4.79 Å². The first-order chi connectivity index (χ1) is 12.0. The van der Waals surface area contributed by atoms with Crippen molar-refractivity contribution < 1.29 is 19.8 Å². The number of para-hydroxylation sites is 1. The first-order valence-corrected chi connectivity index (χ1v) is 7.60. The SMILES string of the molecule is C=CCNCC=C.O=C(O)c1cccc(C(=O)c2ccccc2)c1O. The number of phenols is 1. The molecule has 0 atom stereocenters. The van der Waals surface area contributed by atoms with Gasteiger partial charge in [0.25, 0.3) is 0 Å². The fraction of sp³-hybridized carbons (Fsp3) is 0.100. The van der Waals surface area contributed by atoms with Gasteiger partial charge in [0.2, 0.25) is 0 Å². The summed E-state index contributed by atoms with van der Waals surface area (Å²) in [4.78, 5) is 23.0. The van der Waals surface area contributed by atoms with Gasteiger partial charge in [0, 0.05) is 18.7 Å². The fourth-order valence-corrected chi connectivity index (χ4v) is 1.93. The number of rotatable bonds is 7. The average Bonchev–Trinajstić information content (AvgIpc) is 2.63. The van der Waals surface area contributed by atoms with Gasteiger partial charge in [0.15, 0.2) is 5.78 Å². The Bertz CT molecular complexity index is 731. The van der Waals surface area contributed by atoms with Crippen LogP contribution in [0.15, 0.2) is 73.8 Å². The molecule has 0 heterocycles. The lowest BCUT2D eigenvalue weighted by molar-refractivity contribution is 0.0693. The third-order valence-corrected chi connectivity index (χ3v) is 3.12. The minimum atomic E-state index is -1.27. The van der Waals surface area contributed by atoms with Crippen molar-refractivity contribution in [2.75, 3.05) is 13.1 Å². The van der Waals surface area contributed by atoms with Crippen LogP contribution in [0.2, 0.25) is 0 Å². The molecule has 0 spiro atoms. The van der Waals surface area contributed by atoms with E-state index in [1.807, 2.05) is 12.2 Å². The summed E-state index contributed by atoms with van der Waals surface area (Å²) >= 11 is 0. The Morgan fingerprint density at radius 2 is 1.48 bits per heavy atom. The van der Waals surface area contributed by atoms with Gasteiger partial charge in [-0.05, 0) is 12.1 Å². The third kappa shape index (κ3) is 6.08. The molecule has 5 nitrogen and oxygen atoms in total. The zero-order valence-electron chi connectivity index (χ0n) is 13.8. The molecular formula is C20H21NO4. The molecule has 0 radical (unpaired) electrons. The molecule has 25 heavy (non-hydrogen) atoms. The molecule has 2 aromatic carbocycles. The maximum absolute atomic E-state index is 12.1. The molecular weight excluding hydrogens is 318 g/mol. The maximum atomic E-state index is 12.1. The number of carboxylic acids is 1. The molecule has 2 rings (SSSR count). The van der Waals surface area contributed by atoms with Crippen LogP contribution in [-0.2, 0) is 0 Å². The molecule has 5 heteroatoms. The standard InChI is InChI=1S/C14H10O4.C6H11N/c15-12(9-5-2-1-3-6-9)10-7-4-8-11(13(10)16)14(17)18;1-3-5-7-6-4-2/h1-8,16H,(H,17,18);3-4,7H,1-2,5-6H2. The Hall–Kier alpha value is -3.18. The fourth-order valence-electron chi connectivity index (χ4n) is 1.93. The molecule has 130 valence electrons. The summed E-state index contributed by atoms with van der Waals surface area (Å²) in [6.07, 6.45) is 3.65. The van der Waals surface area contributed by atoms with E-state index in [0.29, 0.717) is 5.56 Å². The quantitative estimate of drug-likeness (QED) is 0.409. The van der Waals surface area contributed by atoms with E-state index in [1.54, 1.807) is 30.3 Å². The second-order valence-corrected chi connectivity index (χ2v) is 4.94. The van der Waals surface area contributed by atoms with Crippen LogP contribution in [-0.4, -0.2) is 35.1 Å². The van der Waals surface area contributed by atoms with Crippen LogP contribution < -0.4 is 5.32 Å². The Morgan fingerprint density at radius 3 is 2.00 bits per heavy atom. The lowest BCUT2D eigenvalue weighted by Gasteiger charge is -2.06. The number of aromatic carboxylic acids is 1. The molecule has 2 aromatic rings. The van der Waals surface area contributed by atoms with E-state index in [4.69, 9.17) is 5.11 Å². The second-order valence-electron chi connectivity index (χ2n) is 4.94. The van der Waals surface area contributed by atoms with E-state index in [2.05, 4.69) is 18.5 Å². The lowest BCUT2D eigenvalue weighted by atomic mass is 10.00. The first kappa shape index (κ1) is 19.9. The number of carbonyl (C=O) groups excluding carboxylic acids is 1. The molecule has 0 fully saturated rings. The van der Waals surface area contributed by atoms with Crippen LogP contribution in [0.5, 0.6) is 5.75 Å². The van der Waals surface area contributed by atoms with Crippen molar-refractivity contribution >= 4 is 11.8 Å². The summed E-state index contributed by atoms with van der Waals surface area (Å²) in [6.45, 7) is 8.81. The highest BCUT2D eigenvalue weighted by Crippen LogP contribution is 2.24. The van der Waals surface area contributed by atoms with E-state index in [9.17, 15) is 14.7 Å². The van der Waals surface area contributed by atoms with Gasteiger partial charge in [0.05, 0.1) is 5.56 Å². The molecule has 0 aromatic heterocycles. The monoisotopic (exact) mass is 339 g/mol. The van der Waals surface area contributed by atoms with Crippen molar-refractivity contribution in [2.24, 2.45) is 0 Å². The van der Waals surface area contributed by atoms with Gasteiger partial charge in [-0.15, -0.1) is 13.2 Å². The van der Waals surface area contributed by atoms with E-state index >= 15 is 0 Å². The Morgan fingerprint density at radius 1 is 0.920 bits per heavy atom. The van der Waals surface area contributed by atoms with Gasteiger partial charge in [-0.1, -0.05) is 48.6 Å². The third-order valence-electron chi connectivity index (χ3n) is 3.12. The van der Waals surface area contributed by atoms with Crippen molar-refractivity contribution in [3.63, 3.8) is 0 Å². The first-order valence-electron chi connectivity index (χ1n) is 7.60. The summed E-state index contributed by atoms with van der Waals surface area (Å²) in [5.74, 6) is -2.18. The number of benzene rings is 2. The van der Waals surface area contributed by atoms with Gasteiger partial charge >= 0.3 is 5.97 Å². The summed E-state index contributed by atoms with van der Waals surface area (Å²) in [6, 6.07) is 12.5. The average molecular weight is 339 g/mol. The van der Waals surface area contributed by atoms with Gasteiger partial charge in [-0.2, -0.15) is 0 Å². The second kappa shape index (κ2) is 10.6. The van der Waals surface area contributed by atoms with Crippen LogP contribution in [0.4, 0.5) is 0 Å². The topological polar surface area (TPSA) is 86.6 Å². The number of ketones is 1. The molecule has 0 saturated heterocycles. The number of nitrogens with one attached hydrogen (secondary N) is 1. The highest BCUT2D eigenvalue weighted by molar-refractivity contribution is 6.12. The van der Waals surface area contributed by atoms with Crippen LogP contribution >= 0.6 is 0 Å².